The third kappa shape index (κ3) is 5.62. The number of carbonyl (C=O) groups excluding carboxylic acids is 2. The normalized spacial score (nSPS) is 10.5. The maximum absolute atomic E-state index is 12.1. The van der Waals surface area contributed by atoms with Gasteiger partial charge in [0.1, 0.15) is 5.75 Å². The molecule has 26 heavy (non-hydrogen) atoms. The standard InChI is InChI=1S/C21H25NO4/c1-14(2)12-26-21(24)17-8-10-18(11-9-17)22-19(23)13-25-20-15(3)6-5-7-16(20)4/h5-11,14H,12-13H2,1-4H3,(H,22,23). The van der Waals surface area contributed by atoms with Gasteiger partial charge in [0.05, 0.1) is 12.2 Å². The predicted molar refractivity (Wildman–Crippen MR) is 102 cm³/mol. The van der Waals surface area contributed by atoms with E-state index in [0.29, 0.717) is 17.9 Å². The number of anilines is 1. The van der Waals surface area contributed by atoms with E-state index in [4.69, 9.17) is 9.47 Å². The van der Waals surface area contributed by atoms with Crippen molar-refractivity contribution in [2.45, 2.75) is 27.7 Å². The van der Waals surface area contributed by atoms with E-state index in [-0.39, 0.29) is 24.4 Å². The Morgan fingerprint density at radius 2 is 1.62 bits per heavy atom. The summed E-state index contributed by atoms with van der Waals surface area (Å²) in [5.74, 6) is 0.387. The van der Waals surface area contributed by atoms with Gasteiger partial charge >= 0.3 is 5.97 Å². The van der Waals surface area contributed by atoms with Crippen LogP contribution in [0, 0.1) is 19.8 Å². The minimum Gasteiger partial charge on any atom is -0.483 e. The molecule has 2 rings (SSSR count). The number of benzene rings is 2. The Bertz CT molecular complexity index is 746. The van der Waals surface area contributed by atoms with Crippen molar-refractivity contribution >= 4 is 17.6 Å². The minimum absolute atomic E-state index is 0.0795. The van der Waals surface area contributed by atoms with E-state index in [1.807, 2.05) is 45.9 Å². The highest BCUT2D eigenvalue weighted by Crippen LogP contribution is 2.22. The molecule has 0 heterocycles. The second-order valence-corrected chi connectivity index (χ2v) is 6.63. The van der Waals surface area contributed by atoms with E-state index in [2.05, 4.69) is 5.32 Å². The molecule has 0 spiro atoms. The summed E-state index contributed by atoms with van der Waals surface area (Å²) in [5.41, 5.74) is 3.03. The van der Waals surface area contributed by atoms with Crippen LogP contribution in [0.25, 0.3) is 0 Å². The van der Waals surface area contributed by atoms with Crippen molar-refractivity contribution in [3.05, 3.63) is 59.2 Å². The number of aryl methyl sites for hydroxylation is 2. The molecule has 5 heteroatoms. The first-order valence-corrected chi connectivity index (χ1v) is 8.63. The van der Waals surface area contributed by atoms with Gasteiger partial charge in [-0.25, -0.2) is 4.79 Å². The predicted octanol–water partition coefficient (Wildman–Crippen LogP) is 4.13. The number of para-hydroxylation sites is 1. The molecule has 0 aliphatic rings. The summed E-state index contributed by atoms with van der Waals surface area (Å²) in [4.78, 5) is 24.0. The summed E-state index contributed by atoms with van der Waals surface area (Å²) in [7, 11) is 0. The highest BCUT2D eigenvalue weighted by Gasteiger charge is 2.10. The number of nitrogens with one attached hydrogen (secondary N) is 1. The van der Waals surface area contributed by atoms with E-state index in [1.165, 1.54) is 0 Å². The molecule has 1 N–H and O–H groups in total. The largest absolute Gasteiger partial charge is 0.483 e. The average Bonchev–Trinajstić information content (AvgIpc) is 2.60. The molecular formula is C21H25NO4. The Balaban J connectivity index is 1.88. The molecule has 0 saturated heterocycles. The van der Waals surface area contributed by atoms with Gasteiger partial charge in [0.2, 0.25) is 0 Å². The van der Waals surface area contributed by atoms with Crippen LogP contribution in [-0.2, 0) is 9.53 Å². The van der Waals surface area contributed by atoms with Gasteiger partial charge in [-0.05, 0) is 55.2 Å². The fraction of sp³-hybridized carbons (Fsp3) is 0.333. The van der Waals surface area contributed by atoms with E-state index in [9.17, 15) is 9.59 Å². The number of esters is 1. The smallest absolute Gasteiger partial charge is 0.338 e. The zero-order valence-electron chi connectivity index (χ0n) is 15.7. The Morgan fingerprint density at radius 3 is 2.19 bits per heavy atom. The molecule has 0 unspecified atom stereocenters. The molecule has 0 bridgehead atoms. The van der Waals surface area contributed by atoms with Crippen LogP contribution in [0.3, 0.4) is 0 Å². The van der Waals surface area contributed by atoms with E-state index >= 15 is 0 Å². The number of ether oxygens (including phenoxy) is 2. The monoisotopic (exact) mass is 355 g/mol. The van der Waals surface area contributed by atoms with Crippen molar-refractivity contribution in [3.63, 3.8) is 0 Å². The lowest BCUT2D eigenvalue weighted by molar-refractivity contribution is -0.118. The summed E-state index contributed by atoms with van der Waals surface area (Å²) in [6.45, 7) is 8.14. The zero-order valence-corrected chi connectivity index (χ0v) is 15.7. The van der Waals surface area contributed by atoms with Gasteiger partial charge in [0, 0.05) is 5.69 Å². The van der Waals surface area contributed by atoms with Gasteiger partial charge in [0.25, 0.3) is 5.91 Å². The lowest BCUT2D eigenvalue weighted by Gasteiger charge is -2.12. The quantitative estimate of drug-likeness (QED) is 0.758. The van der Waals surface area contributed by atoms with Crippen molar-refractivity contribution in [2.24, 2.45) is 5.92 Å². The van der Waals surface area contributed by atoms with Crippen molar-refractivity contribution in [2.75, 3.05) is 18.5 Å². The Kier molecular flexibility index (Phi) is 6.78. The van der Waals surface area contributed by atoms with Crippen LogP contribution < -0.4 is 10.1 Å². The maximum atomic E-state index is 12.1. The molecule has 0 radical (unpaired) electrons. The number of carbonyl (C=O) groups is 2. The Labute approximate surface area is 154 Å². The summed E-state index contributed by atoms with van der Waals surface area (Å²) in [5, 5.41) is 2.75. The van der Waals surface area contributed by atoms with Gasteiger partial charge in [-0.3, -0.25) is 4.79 Å². The molecule has 0 saturated carbocycles. The van der Waals surface area contributed by atoms with Crippen molar-refractivity contribution < 1.29 is 19.1 Å². The second-order valence-electron chi connectivity index (χ2n) is 6.63. The lowest BCUT2D eigenvalue weighted by Crippen LogP contribution is -2.20. The molecule has 1 amide bonds. The van der Waals surface area contributed by atoms with Gasteiger partial charge in [-0.2, -0.15) is 0 Å². The highest BCUT2D eigenvalue weighted by atomic mass is 16.5. The maximum Gasteiger partial charge on any atom is 0.338 e. The summed E-state index contributed by atoms with van der Waals surface area (Å²) < 4.78 is 10.8. The fourth-order valence-electron chi connectivity index (χ4n) is 2.38. The van der Waals surface area contributed by atoms with E-state index in [1.54, 1.807) is 24.3 Å². The fourth-order valence-corrected chi connectivity index (χ4v) is 2.38. The minimum atomic E-state index is -0.366. The van der Waals surface area contributed by atoms with Gasteiger partial charge in [0.15, 0.2) is 6.61 Å². The average molecular weight is 355 g/mol. The molecule has 0 fully saturated rings. The van der Waals surface area contributed by atoms with Crippen LogP contribution in [0.15, 0.2) is 42.5 Å². The molecule has 0 aliphatic carbocycles. The molecule has 5 nitrogen and oxygen atoms in total. The zero-order chi connectivity index (χ0) is 19.1. The summed E-state index contributed by atoms with van der Waals surface area (Å²) in [6.07, 6.45) is 0. The summed E-state index contributed by atoms with van der Waals surface area (Å²) >= 11 is 0. The lowest BCUT2D eigenvalue weighted by atomic mass is 10.1. The third-order valence-electron chi connectivity index (χ3n) is 3.71. The van der Waals surface area contributed by atoms with E-state index in [0.717, 1.165) is 16.9 Å². The van der Waals surface area contributed by atoms with Crippen LogP contribution in [0.4, 0.5) is 5.69 Å². The first-order chi connectivity index (χ1) is 12.4. The number of rotatable bonds is 7. The van der Waals surface area contributed by atoms with Crippen LogP contribution >= 0.6 is 0 Å². The first-order valence-electron chi connectivity index (χ1n) is 8.63. The number of hydrogen-bond donors (Lipinski definition) is 1. The van der Waals surface area contributed by atoms with Crippen molar-refractivity contribution in [1.82, 2.24) is 0 Å². The van der Waals surface area contributed by atoms with Gasteiger partial charge in [-0.15, -0.1) is 0 Å². The molecule has 2 aromatic carbocycles. The van der Waals surface area contributed by atoms with Crippen LogP contribution in [0.2, 0.25) is 0 Å². The SMILES string of the molecule is Cc1cccc(C)c1OCC(=O)Nc1ccc(C(=O)OCC(C)C)cc1. The molecule has 0 aromatic heterocycles. The van der Waals surface area contributed by atoms with Gasteiger partial charge < -0.3 is 14.8 Å². The Hall–Kier alpha value is -2.82. The first kappa shape index (κ1) is 19.5. The van der Waals surface area contributed by atoms with Crippen molar-refractivity contribution in [3.8, 4) is 5.75 Å². The van der Waals surface area contributed by atoms with Crippen LogP contribution in [-0.4, -0.2) is 25.1 Å². The van der Waals surface area contributed by atoms with Gasteiger partial charge in [-0.1, -0.05) is 32.0 Å². The highest BCUT2D eigenvalue weighted by molar-refractivity contribution is 5.93. The third-order valence-corrected chi connectivity index (χ3v) is 3.71. The van der Waals surface area contributed by atoms with Crippen LogP contribution in [0.1, 0.15) is 35.3 Å². The molecule has 138 valence electrons. The summed E-state index contributed by atoms with van der Waals surface area (Å²) in [6, 6.07) is 12.4. The Morgan fingerprint density at radius 1 is 1.00 bits per heavy atom. The van der Waals surface area contributed by atoms with Crippen LogP contribution in [0.5, 0.6) is 5.75 Å². The topological polar surface area (TPSA) is 64.6 Å². The molecule has 0 aliphatic heterocycles. The number of amides is 1. The van der Waals surface area contributed by atoms with E-state index < -0.39 is 0 Å². The molecule has 2 aromatic rings. The molecular weight excluding hydrogens is 330 g/mol. The second kappa shape index (κ2) is 9.04. The number of hydrogen-bond acceptors (Lipinski definition) is 4. The molecule has 0 atom stereocenters. The van der Waals surface area contributed by atoms with Crippen molar-refractivity contribution in [1.29, 1.82) is 0 Å².